The van der Waals surface area contributed by atoms with Crippen molar-refractivity contribution < 1.29 is 9.53 Å². The van der Waals surface area contributed by atoms with Crippen LogP contribution in [0.4, 0.5) is 0 Å². The summed E-state index contributed by atoms with van der Waals surface area (Å²) in [7, 11) is 1.67. The predicted molar refractivity (Wildman–Crippen MR) is 84.1 cm³/mol. The monoisotopic (exact) mass is 283 g/mol. The van der Waals surface area contributed by atoms with Gasteiger partial charge in [0.15, 0.2) is 0 Å². The Kier molecular flexibility index (Phi) is 4.09. The summed E-state index contributed by atoms with van der Waals surface area (Å²) in [5, 5.41) is 3.38. The lowest BCUT2D eigenvalue weighted by Gasteiger charge is -2.32. The van der Waals surface area contributed by atoms with Gasteiger partial charge in [-0.2, -0.15) is 0 Å². The van der Waals surface area contributed by atoms with E-state index < -0.39 is 0 Å². The van der Waals surface area contributed by atoms with Gasteiger partial charge < -0.3 is 14.8 Å². The van der Waals surface area contributed by atoms with E-state index in [1.54, 1.807) is 7.11 Å². The highest BCUT2D eigenvalue weighted by atomic mass is 16.5. The highest BCUT2D eigenvalue weighted by Gasteiger charge is 2.25. The van der Waals surface area contributed by atoms with Gasteiger partial charge in [0.2, 0.25) is 0 Å². The molecular formula is C18H21NO2. The third-order valence-corrected chi connectivity index (χ3v) is 4.31. The van der Waals surface area contributed by atoms with Gasteiger partial charge in [-0.3, -0.25) is 0 Å². The number of ether oxygens (including phenoxy) is 1. The topological polar surface area (TPSA) is 38.3 Å². The number of hydrogen-bond acceptors (Lipinski definition) is 3. The molecule has 0 spiro atoms. The molecule has 0 radical (unpaired) electrons. The molecule has 0 amide bonds. The summed E-state index contributed by atoms with van der Waals surface area (Å²) in [5.74, 6) is 0.858. The van der Waals surface area contributed by atoms with Gasteiger partial charge >= 0.3 is 0 Å². The number of benzene rings is 1. The predicted octanol–water partition coefficient (Wildman–Crippen LogP) is 3.47. The molecule has 1 unspecified atom stereocenters. The molecule has 0 saturated carbocycles. The van der Waals surface area contributed by atoms with Gasteiger partial charge in [0.1, 0.15) is 12.0 Å². The largest absolute Gasteiger partial charge is 0.497 e. The summed E-state index contributed by atoms with van der Waals surface area (Å²) in [6, 6.07) is 7.93. The molecule has 0 saturated heterocycles. The van der Waals surface area contributed by atoms with Gasteiger partial charge in [0.05, 0.1) is 13.2 Å². The van der Waals surface area contributed by atoms with E-state index in [1.165, 1.54) is 24.0 Å². The average molecular weight is 283 g/mol. The second-order valence-electron chi connectivity index (χ2n) is 5.71. The first kappa shape index (κ1) is 13.9. The second-order valence-corrected chi connectivity index (χ2v) is 5.71. The molecule has 1 N–H and O–H groups in total. The smallest absolute Gasteiger partial charge is 0.142 e. The van der Waals surface area contributed by atoms with Crippen LogP contribution in [-0.2, 0) is 4.79 Å². The fourth-order valence-electron chi connectivity index (χ4n) is 3.20. The van der Waals surface area contributed by atoms with E-state index in [0.29, 0.717) is 0 Å². The molecule has 1 heterocycles. The van der Waals surface area contributed by atoms with Gasteiger partial charge in [0.25, 0.3) is 0 Å². The summed E-state index contributed by atoms with van der Waals surface area (Å²) in [6.45, 7) is 0. The number of hydrogen-bond donors (Lipinski definition) is 1. The molecular weight excluding hydrogens is 262 g/mol. The van der Waals surface area contributed by atoms with Gasteiger partial charge in [-0.15, -0.1) is 0 Å². The van der Waals surface area contributed by atoms with Crippen molar-refractivity contribution in [1.82, 2.24) is 5.32 Å². The highest BCUT2D eigenvalue weighted by molar-refractivity contribution is 5.66. The molecule has 1 aliphatic carbocycles. The van der Waals surface area contributed by atoms with Crippen LogP contribution in [0.1, 0.15) is 37.7 Å². The lowest BCUT2D eigenvalue weighted by molar-refractivity contribution is -0.109. The molecule has 2 aliphatic rings. The Morgan fingerprint density at radius 3 is 2.67 bits per heavy atom. The van der Waals surface area contributed by atoms with Gasteiger partial charge in [-0.1, -0.05) is 17.7 Å². The molecule has 3 rings (SSSR count). The lowest BCUT2D eigenvalue weighted by atomic mass is 9.83. The van der Waals surface area contributed by atoms with Crippen LogP contribution in [-0.4, -0.2) is 19.4 Å². The molecule has 0 aromatic heterocycles. The zero-order valence-corrected chi connectivity index (χ0v) is 12.4. The Morgan fingerprint density at radius 2 is 1.95 bits per heavy atom. The molecule has 21 heavy (non-hydrogen) atoms. The van der Waals surface area contributed by atoms with Crippen molar-refractivity contribution in [1.29, 1.82) is 0 Å². The zero-order valence-electron chi connectivity index (χ0n) is 12.4. The Morgan fingerprint density at radius 1 is 1.19 bits per heavy atom. The van der Waals surface area contributed by atoms with Crippen molar-refractivity contribution in [2.75, 3.05) is 7.11 Å². The maximum atomic E-state index is 11.2. The minimum Gasteiger partial charge on any atom is -0.497 e. The SMILES string of the molecule is COc1ccc(C=C2NC(C=O)CC3=C2CCCC3)cc1. The van der Waals surface area contributed by atoms with Crippen molar-refractivity contribution in [2.24, 2.45) is 0 Å². The summed E-state index contributed by atoms with van der Waals surface area (Å²) in [6.07, 6.45) is 8.80. The number of aldehydes is 1. The molecule has 3 heteroatoms. The molecule has 1 aromatic carbocycles. The van der Waals surface area contributed by atoms with Crippen molar-refractivity contribution in [2.45, 2.75) is 38.1 Å². The number of carbonyl (C=O) groups is 1. The summed E-state index contributed by atoms with van der Waals surface area (Å²) in [4.78, 5) is 11.2. The Hall–Kier alpha value is -2.03. The van der Waals surface area contributed by atoms with Crippen LogP contribution in [0, 0.1) is 0 Å². The number of allylic oxidation sites excluding steroid dienone is 1. The van der Waals surface area contributed by atoms with Gasteiger partial charge in [-0.05, 0) is 61.4 Å². The third-order valence-electron chi connectivity index (χ3n) is 4.31. The number of methoxy groups -OCH3 is 1. The van der Waals surface area contributed by atoms with E-state index in [2.05, 4.69) is 11.4 Å². The molecule has 0 fully saturated rings. The van der Waals surface area contributed by atoms with Crippen LogP contribution in [0.25, 0.3) is 6.08 Å². The first-order chi connectivity index (χ1) is 10.3. The number of rotatable bonds is 3. The van der Waals surface area contributed by atoms with E-state index in [9.17, 15) is 4.79 Å². The normalized spacial score (nSPS) is 23.5. The molecule has 3 nitrogen and oxygen atoms in total. The van der Waals surface area contributed by atoms with E-state index >= 15 is 0 Å². The lowest BCUT2D eigenvalue weighted by Crippen LogP contribution is -2.36. The Labute approximate surface area is 125 Å². The van der Waals surface area contributed by atoms with E-state index in [1.807, 2.05) is 24.3 Å². The van der Waals surface area contributed by atoms with E-state index in [0.717, 1.165) is 42.6 Å². The fraction of sp³-hybridized carbons (Fsp3) is 0.389. The first-order valence-corrected chi connectivity index (χ1v) is 7.59. The van der Waals surface area contributed by atoms with Crippen molar-refractivity contribution in [3.05, 3.63) is 46.7 Å². The molecule has 1 aliphatic heterocycles. The minimum absolute atomic E-state index is 0.0775. The van der Waals surface area contributed by atoms with Crippen LogP contribution in [0.5, 0.6) is 5.75 Å². The molecule has 1 atom stereocenters. The number of carbonyl (C=O) groups excluding carboxylic acids is 1. The standard InChI is InChI=1S/C18H21NO2/c1-21-16-8-6-13(7-9-16)10-18-17-5-3-2-4-14(17)11-15(12-20)19-18/h6-10,12,15,19H,2-5,11H2,1H3. The second kappa shape index (κ2) is 6.17. The van der Waals surface area contributed by atoms with E-state index in [4.69, 9.17) is 4.74 Å². The third kappa shape index (κ3) is 3.02. The molecule has 0 bridgehead atoms. The molecule has 110 valence electrons. The van der Waals surface area contributed by atoms with Gasteiger partial charge in [0, 0.05) is 5.70 Å². The van der Waals surface area contributed by atoms with Crippen molar-refractivity contribution >= 4 is 12.4 Å². The van der Waals surface area contributed by atoms with Gasteiger partial charge in [-0.25, -0.2) is 0 Å². The Bertz CT molecular complexity index is 584. The van der Waals surface area contributed by atoms with Crippen LogP contribution in [0.2, 0.25) is 0 Å². The summed E-state index contributed by atoms with van der Waals surface area (Å²) >= 11 is 0. The van der Waals surface area contributed by atoms with E-state index in [-0.39, 0.29) is 6.04 Å². The van der Waals surface area contributed by atoms with Crippen LogP contribution < -0.4 is 10.1 Å². The summed E-state index contributed by atoms with van der Waals surface area (Å²) in [5.41, 5.74) is 5.15. The minimum atomic E-state index is -0.0775. The van der Waals surface area contributed by atoms with Crippen LogP contribution in [0.3, 0.4) is 0 Å². The average Bonchev–Trinajstić information content (AvgIpc) is 2.55. The first-order valence-electron chi connectivity index (χ1n) is 7.59. The molecule has 1 aromatic rings. The number of nitrogens with one attached hydrogen (secondary N) is 1. The Balaban J connectivity index is 1.93. The van der Waals surface area contributed by atoms with Crippen molar-refractivity contribution in [3.8, 4) is 5.75 Å². The quantitative estimate of drug-likeness (QED) is 0.863. The zero-order chi connectivity index (χ0) is 14.7. The van der Waals surface area contributed by atoms with Crippen LogP contribution >= 0.6 is 0 Å². The van der Waals surface area contributed by atoms with Crippen molar-refractivity contribution in [3.63, 3.8) is 0 Å². The fourth-order valence-corrected chi connectivity index (χ4v) is 3.20. The highest BCUT2D eigenvalue weighted by Crippen LogP contribution is 2.35. The maximum Gasteiger partial charge on any atom is 0.142 e. The summed E-state index contributed by atoms with van der Waals surface area (Å²) < 4.78 is 5.19. The van der Waals surface area contributed by atoms with Crippen LogP contribution in [0.15, 0.2) is 41.1 Å². The maximum absolute atomic E-state index is 11.2.